The van der Waals surface area contributed by atoms with E-state index in [1.165, 1.54) is 0 Å². The lowest BCUT2D eigenvalue weighted by atomic mass is 10.2. The van der Waals surface area contributed by atoms with Crippen LogP contribution in [0.4, 0.5) is 0 Å². The fourth-order valence-corrected chi connectivity index (χ4v) is 4.76. The van der Waals surface area contributed by atoms with Gasteiger partial charge >= 0.3 is 0 Å². The van der Waals surface area contributed by atoms with E-state index in [4.69, 9.17) is 4.74 Å². The number of likely N-dealkylation sites (tertiary alicyclic amines) is 1. The molecule has 3 atom stereocenters. The maximum atomic E-state index is 12.8. The molecule has 1 unspecified atom stereocenters. The van der Waals surface area contributed by atoms with Gasteiger partial charge in [0.25, 0.3) is 0 Å². The third-order valence-corrected chi connectivity index (χ3v) is 6.17. The number of ether oxygens (including phenoxy) is 1. The summed E-state index contributed by atoms with van der Waals surface area (Å²) in [6, 6.07) is 19.4. The maximum Gasteiger partial charge on any atom is 0.241 e. The predicted molar refractivity (Wildman–Crippen MR) is 105 cm³/mol. The molecule has 2 fully saturated rings. The average molecular weight is 379 g/mol. The number of amides is 1. The third-order valence-electron chi connectivity index (χ3n) is 4.90. The van der Waals surface area contributed by atoms with Crippen LogP contribution in [0.5, 0.6) is 11.5 Å². The van der Waals surface area contributed by atoms with Crippen LogP contribution in [0, 0.1) is 11.3 Å². The highest BCUT2D eigenvalue weighted by atomic mass is 32.2. The van der Waals surface area contributed by atoms with Crippen LogP contribution in [-0.4, -0.2) is 35.2 Å². The number of nitrogens with one attached hydrogen (secondary N) is 1. The van der Waals surface area contributed by atoms with Crippen LogP contribution in [0.25, 0.3) is 0 Å². The molecule has 2 aromatic carbocycles. The first-order valence-electron chi connectivity index (χ1n) is 9.15. The maximum absolute atomic E-state index is 12.8. The van der Waals surface area contributed by atoms with Gasteiger partial charge in [0, 0.05) is 12.3 Å². The van der Waals surface area contributed by atoms with Gasteiger partial charge in [-0.3, -0.25) is 10.1 Å². The number of nitrogens with zero attached hydrogens (tertiary/aromatic N) is 2. The van der Waals surface area contributed by atoms with Crippen molar-refractivity contribution >= 4 is 17.7 Å². The van der Waals surface area contributed by atoms with E-state index in [0.29, 0.717) is 12.3 Å². The van der Waals surface area contributed by atoms with Gasteiger partial charge in [-0.15, -0.1) is 11.8 Å². The van der Waals surface area contributed by atoms with Crippen LogP contribution >= 0.6 is 11.8 Å². The van der Waals surface area contributed by atoms with Crippen LogP contribution in [0.3, 0.4) is 0 Å². The van der Waals surface area contributed by atoms with Crippen molar-refractivity contribution in [3.05, 3.63) is 60.2 Å². The topological polar surface area (TPSA) is 65.4 Å². The van der Waals surface area contributed by atoms with Crippen molar-refractivity contribution < 1.29 is 9.53 Å². The van der Waals surface area contributed by atoms with Crippen molar-refractivity contribution in [2.24, 2.45) is 0 Å². The van der Waals surface area contributed by atoms with E-state index in [2.05, 4.69) is 11.4 Å². The van der Waals surface area contributed by atoms with Crippen molar-refractivity contribution in [1.82, 2.24) is 10.2 Å². The number of carbonyl (C=O) groups excluding carboxylic acids is 1. The van der Waals surface area contributed by atoms with Gasteiger partial charge in [0.15, 0.2) is 0 Å². The fraction of sp³-hybridized carbons (Fsp3) is 0.333. The molecule has 2 heterocycles. The molecule has 0 radical (unpaired) electrons. The summed E-state index contributed by atoms with van der Waals surface area (Å²) in [5.41, 5.74) is 1.09. The van der Waals surface area contributed by atoms with Crippen molar-refractivity contribution in [2.45, 2.75) is 30.3 Å². The molecule has 6 heteroatoms. The minimum absolute atomic E-state index is 0.0430. The van der Waals surface area contributed by atoms with Gasteiger partial charge in [0.2, 0.25) is 5.91 Å². The Balaban J connectivity index is 1.42. The predicted octanol–water partition coefficient (Wildman–Crippen LogP) is 3.70. The fourth-order valence-electron chi connectivity index (χ4n) is 3.54. The lowest BCUT2D eigenvalue weighted by Gasteiger charge is -2.23. The smallest absolute Gasteiger partial charge is 0.241 e. The van der Waals surface area contributed by atoms with Crippen molar-refractivity contribution in [3.63, 3.8) is 0 Å². The number of thioether (sulfide) groups is 1. The van der Waals surface area contributed by atoms with Gasteiger partial charge in [-0.1, -0.05) is 30.3 Å². The molecule has 2 aliphatic heterocycles. The van der Waals surface area contributed by atoms with Crippen molar-refractivity contribution in [1.29, 1.82) is 5.26 Å². The largest absolute Gasteiger partial charge is 0.457 e. The summed E-state index contributed by atoms with van der Waals surface area (Å²) >= 11 is 1.72. The standard InChI is InChI=1S/C21H21N3O2S/c22-13-16-7-5-11-24(16)21(25)19-14-27-20(23-19)15-6-4-10-18(12-15)26-17-8-2-1-3-9-17/h1-4,6,8-10,12,16,19-20,23H,5,7,11,14H2/t16-,19-,20?/m0/s1. The van der Waals surface area contributed by atoms with E-state index in [0.717, 1.165) is 29.9 Å². The van der Waals surface area contributed by atoms with Gasteiger partial charge < -0.3 is 9.64 Å². The number of benzene rings is 2. The van der Waals surface area contributed by atoms with Crippen molar-refractivity contribution in [2.75, 3.05) is 12.3 Å². The summed E-state index contributed by atoms with van der Waals surface area (Å²) in [7, 11) is 0. The molecule has 0 aromatic heterocycles. The molecule has 27 heavy (non-hydrogen) atoms. The van der Waals surface area contributed by atoms with E-state index >= 15 is 0 Å². The molecule has 1 amide bonds. The molecule has 138 valence electrons. The Morgan fingerprint density at radius 2 is 2.00 bits per heavy atom. The Bertz CT molecular complexity index is 852. The van der Waals surface area contributed by atoms with Crippen LogP contribution in [0.15, 0.2) is 54.6 Å². The summed E-state index contributed by atoms with van der Waals surface area (Å²) in [5.74, 6) is 2.33. The molecule has 0 spiro atoms. The molecule has 2 aliphatic rings. The first kappa shape index (κ1) is 17.9. The average Bonchev–Trinajstić information content (AvgIpc) is 3.38. The van der Waals surface area contributed by atoms with E-state index in [1.54, 1.807) is 16.7 Å². The number of carbonyl (C=O) groups is 1. The van der Waals surface area contributed by atoms with Crippen LogP contribution < -0.4 is 10.1 Å². The van der Waals surface area contributed by atoms with Gasteiger partial charge in [-0.05, 0) is 42.7 Å². The molecule has 2 saturated heterocycles. The summed E-state index contributed by atoms with van der Waals surface area (Å²) in [5, 5.41) is 12.7. The zero-order chi connectivity index (χ0) is 18.6. The number of hydrogen-bond donors (Lipinski definition) is 1. The lowest BCUT2D eigenvalue weighted by Crippen LogP contribution is -2.46. The number of rotatable bonds is 4. The SMILES string of the molecule is N#C[C@@H]1CCCN1C(=O)[C@@H]1CSC(c2cccc(Oc3ccccc3)c2)N1. The summed E-state index contributed by atoms with van der Waals surface area (Å²) in [6.07, 6.45) is 1.69. The monoisotopic (exact) mass is 379 g/mol. The normalized spacial score (nSPS) is 24.6. The Morgan fingerprint density at radius 3 is 2.81 bits per heavy atom. The van der Waals surface area contributed by atoms with E-state index < -0.39 is 0 Å². The highest BCUT2D eigenvalue weighted by Gasteiger charge is 2.37. The highest BCUT2D eigenvalue weighted by Crippen LogP contribution is 2.36. The molecular weight excluding hydrogens is 358 g/mol. The first-order chi connectivity index (χ1) is 13.2. The Kier molecular flexibility index (Phi) is 5.33. The number of hydrogen-bond acceptors (Lipinski definition) is 5. The first-order valence-corrected chi connectivity index (χ1v) is 10.2. The second-order valence-electron chi connectivity index (χ2n) is 6.74. The van der Waals surface area contributed by atoms with Gasteiger partial charge in [0.1, 0.15) is 17.5 Å². The zero-order valence-electron chi connectivity index (χ0n) is 14.9. The summed E-state index contributed by atoms with van der Waals surface area (Å²) < 4.78 is 5.91. The molecular formula is C21H21N3O2S. The molecule has 0 bridgehead atoms. The Hall–Kier alpha value is -2.49. The second-order valence-corrected chi connectivity index (χ2v) is 7.88. The summed E-state index contributed by atoms with van der Waals surface area (Å²) in [4.78, 5) is 14.5. The van der Waals surface area contributed by atoms with E-state index in [1.807, 2.05) is 54.6 Å². The molecule has 4 rings (SSSR count). The molecule has 1 N–H and O–H groups in total. The number of nitriles is 1. The van der Waals surface area contributed by atoms with Crippen LogP contribution in [0.1, 0.15) is 23.8 Å². The molecule has 2 aromatic rings. The highest BCUT2D eigenvalue weighted by molar-refractivity contribution is 7.99. The second kappa shape index (κ2) is 8.03. The molecule has 0 aliphatic carbocycles. The van der Waals surface area contributed by atoms with E-state index in [-0.39, 0.29) is 23.4 Å². The number of para-hydroxylation sites is 1. The van der Waals surface area contributed by atoms with Gasteiger partial charge in [-0.2, -0.15) is 5.26 Å². The lowest BCUT2D eigenvalue weighted by molar-refractivity contribution is -0.132. The third kappa shape index (κ3) is 3.95. The van der Waals surface area contributed by atoms with Crippen LogP contribution in [-0.2, 0) is 4.79 Å². The Morgan fingerprint density at radius 1 is 1.19 bits per heavy atom. The van der Waals surface area contributed by atoms with Gasteiger partial charge in [-0.25, -0.2) is 0 Å². The molecule has 0 saturated carbocycles. The van der Waals surface area contributed by atoms with Crippen molar-refractivity contribution in [3.8, 4) is 17.6 Å². The quantitative estimate of drug-likeness (QED) is 0.877. The van der Waals surface area contributed by atoms with E-state index in [9.17, 15) is 10.1 Å². The van der Waals surface area contributed by atoms with Crippen LogP contribution in [0.2, 0.25) is 0 Å². The summed E-state index contributed by atoms with van der Waals surface area (Å²) in [6.45, 7) is 0.685. The minimum atomic E-state index is -0.272. The molecule has 5 nitrogen and oxygen atoms in total. The van der Waals surface area contributed by atoms with Gasteiger partial charge in [0.05, 0.1) is 17.5 Å². The Labute approximate surface area is 163 Å². The minimum Gasteiger partial charge on any atom is -0.457 e. The zero-order valence-corrected chi connectivity index (χ0v) is 15.7.